The average Bonchev–Trinajstić information content (AvgIpc) is 2.81. The molecule has 1 aliphatic heterocycles. The van der Waals surface area contributed by atoms with Crippen LogP contribution in [0.15, 0.2) is 42.6 Å². The summed E-state index contributed by atoms with van der Waals surface area (Å²) in [7, 11) is 0. The van der Waals surface area contributed by atoms with Crippen molar-refractivity contribution in [2.24, 2.45) is 0 Å². The van der Waals surface area contributed by atoms with Crippen molar-refractivity contribution in [2.75, 3.05) is 12.3 Å². The van der Waals surface area contributed by atoms with Crippen LogP contribution in [-0.2, 0) is 6.54 Å². The van der Waals surface area contributed by atoms with Crippen molar-refractivity contribution in [2.45, 2.75) is 50.8 Å². The highest BCUT2D eigenvalue weighted by Crippen LogP contribution is 2.27. The van der Waals surface area contributed by atoms with E-state index in [1.54, 1.807) is 12.3 Å². The van der Waals surface area contributed by atoms with Gasteiger partial charge in [-0.1, -0.05) is 43.2 Å². The van der Waals surface area contributed by atoms with E-state index in [1.165, 1.54) is 19.3 Å². The van der Waals surface area contributed by atoms with Crippen LogP contribution in [0.5, 0.6) is 0 Å². The normalized spacial score (nSPS) is 20.5. The molecule has 2 heterocycles. The summed E-state index contributed by atoms with van der Waals surface area (Å²) in [6, 6.07) is 12.0. The third-order valence-electron chi connectivity index (χ3n) is 4.75. The Bertz CT molecular complexity index is 634. The number of aliphatic hydroxyl groups excluding tert-OH is 1. The fourth-order valence-corrected chi connectivity index (χ4v) is 3.45. The fourth-order valence-electron chi connectivity index (χ4n) is 3.45. The van der Waals surface area contributed by atoms with Crippen molar-refractivity contribution < 1.29 is 5.11 Å². The molecule has 0 radical (unpaired) electrons. The molecule has 24 heavy (non-hydrogen) atoms. The van der Waals surface area contributed by atoms with Crippen LogP contribution in [0.3, 0.4) is 0 Å². The van der Waals surface area contributed by atoms with Crippen LogP contribution in [-0.4, -0.2) is 32.6 Å². The van der Waals surface area contributed by atoms with Crippen molar-refractivity contribution in [1.82, 2.24) is 14.9 Å². The molecule has 0 saturated carbocycles. The minimum atomic E-state index is -0.432. The van der Waals surface area contributed by atoms with Gasteiger partial charge in [-0.25, -0.2) is 9.97 Å². The Labute approximate surface area is 143 Å². The molecule has 0 aliphatic carbocycles. The van der Waals surface area contributed by atoms with Crippen LogP contribution in [0.2, 0.25) is 0 Å². The Kier molecular flexibility index (Phi) is 5.77. The predicted octanol–water partition coefficient (Wildman–Crippen LogP) is 2.93. The number of hydrogen-bond donors (Lipinski definition) is 2. The van der Waals surface area contributed by atoms with E-state index in [9.17, 15) is 5.11 Å². The summed E-state index contributed by atoms with van der Waals surface area (Å²) in [5, 5.41) is 10.6. The molecule has 2 atom stereocenters. The lowest BCUT2D eigenvalue weighted by Gasteiger charge is -2.31. The number of benzene rings is 1. The van der Waals surface area contributed by atoms with Gasteiger partial charge < -0.3 is 10.8 Å². The van der Waals surface area contributed by atoms with Gasteiger partial charge in [-0.05, 0) is 37.4 Å². The molecule has 1 aromatic carbocycles. The molecule has 1 aliphatic rings. The number of likely N-dealkylation sites (tertiary alicyclic amines) is 1. The molecular formula is C19H26N4O. The molecule has 3 rings (SSSR count). The molecular weight excluding hydrogens is 300 g/mol. The zero-order valence-corrected chi connectivity index (χ0v) is 14.0. The van der Waals surface area contributed by atoms with Crippen molar-refractivity contribution in [3.05, 3.63) is 54.0 Å². The van der Waals surface area contributed by atoms with E-state index in [0.29, 0.717) is 18.4 Å². The highest BCUT2D eigenvalue weighted by molar-refractivity contribution is 5.25. The van der Waals surface area contributed by atoms with E-state index in [-0.39, 0.29) is 0 Å². The number of aliphatic hydroxyl groups is 1. The van der Waals surface area contributed by atoms with Gasteiger partial charge in [0.25, 0.3) is 0 Å². The number of hydrogen-bond acceptors (Lipinski definition) is 5. The second kappa shape index (κ2) is 8.22. The first-order valence-electron chi connectivity index (χ1n) is 8.77. The fraction of sp³-hybridized carbons (Fsp3) is 0.474. The summed E-state index contributed by atoms with van der Waals surface area (Å²) in [5.74, 6) is 1.27. The van der Waals surface area contributed by atoms with Crippen LogP contribution >= 0.6 is 0 Å². The second-order valence-electron chi connectivity index (χ2n) is 6.53. The van der Waals surface area contributed by atoms with Gasteiger partial charge in [0.2, 0.25) is 0 Å². The van der Waals surface area contributed by atoms with Gasteiger partial charge in [0.1, 0.15) is 11.6 Å². The minimum Gasteiger partial charge on any atom is -0.388 e. The first-order valence-corrected chi connectivity index (χ1v) is 8.77. The van der Waals surface area contributed by atoms with Gasteiger partial charge >= 0.3 is 0 Å². The Hall–Kier alpha value is -1.98. The predicted molar refractivity (Wildman–Crippen MR) is 95.1 cm³/mol. The maximum atomic E-state index is 10.6. The largest absolute Gasteiger partial charge is 0.388 e. The molecule has 1 aromatic heterocycles. The van der Waals surface area contributed by atoms with Gasteiger partial charge in [0, 0.05) is 12.2 Å². The van der Waals surface area contributed by atoms with E-state index >= 15 is 0 Å². The first kappa shape index (κ1) is 16.9. The Morgan fingerprint density at radius 3 is 2.79 bits per heavy atom. The topological polar surface area (TPSA) is 75.3 Å². The molecule has 2 aromatic rings. The number of anilines is 1. The lowest BCUT2D eigenvalue weighted by molar-refractivity contribution is 0.0960. The third-order valence-corrected chi connectivity index (χ3v) is 4.75. The Morgan fingerprint density at radius 2 is 2.00 bits per heavy atom. The molecule has 128 valence electrons. The van der Waals surface area contributed by atoms with Gasteiger partial charge in [0.05, 0.1) is 12.6 Å². The van der Waals surface area contributed by atoms with Gasteiger partial charge in [-0.15, -0.1) is 0 Å². The molecule has 0 bridgehead atoms. The summed E-state index contributed by atoms with van der Waals surface area (Å²) in [5.41, 5.74) is 6.76. The third kappa shape index (κ3) is 4.52. The maximum absolute atomic E-state index is 10.6. The molecule has 1 saturated heterocycles. The minimum absolute atomic E-state index is 0.340. The highest BCUT2D eigenvalue weighted by atomic mass is 16.3. The molecule has 5 heteroatoms. The molecule has 0 amide bonds. The van der Waals surface area contributed by atoms with Crippen molar-refractivity contribution in [1.29, 1.82) is 0 Å². The quantitative estimate of drug-likeness (QED) is 0.883. The van der Waals surface area contributed by atoms with E-state index in [0.717, 1.165) is 30.8 Å². The van der Waals surface area contributed by atoms with E-state index in [1.807, 2.05) is 30.3 Å². The standard InChI is InChI=1S/C19H26N4O/c20-18-10-11-21-19(22-18)14-23-12-6-2-5-9-16(23)13-17(24)15-7-3-1-4-8-15/h1,3-4,7-8,10-11,16-17,24H,2,5-6,9,12-14H2,(H2,20,21,22)/t16-,17-/m0/s1. The molecule has 1 fully saturated rings. The Morgan fingerprint density at radius 1 is 1.17 bits per heavy atom. The second-order valence-corrected chi connectivity index (χ2v) is 6.53. The SMILES string of the molecule is Nc1ccnc(CN2CCCCC[C@H]2C[C@H](O)c2ccccc2)n1. The van der Waals surface area contributed by atoms with Crippen LogP contribution < -0.4 is 5.73 Å². The number of rotatable bonds is 5. The summed E-state index contributed by atoms with van der Waals surface area (Å²) in [6.45, 7) is 1.71. The highest BCUT2D eigenvalue weighted by Gasteiger charge is 2.25. The van der Waals surface area contributed by atoms with Crippen LogP contribution in [0.1, 0.15) is 49.6 Å². The first-order chi connectivity index (χ1) is 11.7. The lowest BCUT2D eigenvalue weighted by atomic mass is 9.98. The average molecular weight is 326 g/mol. The zero-order valence-electron chi connectivity index (χ0n) is 14.0. The van der Waals surface area contributed by atoms with E-state index < -0.39 is 6.10 Å². The molecule has 0 spiro atoms. The van der Waals surface area contributed by atoms with Crippen LogP contribution in [0, 0.1) is 0 Å². The van der Waals surface area contributed by atoms with Gasteiger partial charge in [-0.3, -0.25) is 4.90 Å². The number of nitrogens with zero attached hydrogens (tertiary/aromatic N) is 3. The smallest absolute Gasteiger partial charge is 0.144 e. The molecule has 5 nitrogen and oxygen atoms in total. The van der Waals surface area contributed by atoms with Crippen LogP contribution in [0.25, 0.3) is 0 Å². The lowest BCUT2D eigenvalue weighted by Crippen LogP contribution is -2.36. The summed E-state index contributed by atoms with van der Waals surface area (Å²) < 4.78 is 0. The van der Waals surface area contributed by atoms with Crippen LogP contribution in [0.4, 0.5) is 5.82 Å². The zero-order chi connectivity index (χ0) is 16.8. The molecule has 3 N–H and O–H groups in total. The van der Waals surface area contributed by atoms with Gasteiger partial charge in [0.15, 0.2) is 0 Å². The van der Waals surface area contributed by atoms with Gasteiger partial charge in [-0.2, -0.15) is 0 Å². The van der Waals surface area contributed by atoms with Crippen molar-refractivity contribution >= 4 is 5.82 Å². The number of aromatic nitrogens is 2. The summed E-state index contributed by atoms with van der Waals surface area (Å²) in [4.78, 5) is 11.1. The number of nitrogen functional groups attached to an aromatic ring is 1. The summed E-state index contributed by atoms with van der Waals surface area (Å²) in [6.07, 6.45) is 6.76. The van der Waals surface area contributed by atoms with E-state index in [4.69, 9.17) is 5.73 Å². The van der Waals surface area contributed by atoms with Crippen molar-refractivity contribution in [3.8, 4) is 0 Å². The Balaban J connectivity index is 1.70. The number of nitrogens with two attached hydrogens (primary N) is 1. The molecule has 0 unspecified atom stereocenters. The summed E-state index contributed by atoms with van der Waals surface area (Å²) >= 11 is 0. The maximum Gasteiger partial charge on any atom is 0.144 e. The van der Waals surface area contributed by atoms with Crippen molar-refractivity contribution in [3.63, 3.8) is 0 Å². The van der Waals surface area contributed by atoms with E-state index in [2.05, 4.69) is 14.9 Å². The monoisotopic (exact) mass is 326 g/mol.